The Hall–Kier alpha value is 0.289. The van der Waals surface area contributed by atoms with E-state index in [4.69, 9.17) is 5.26 Å². The van der Waals surface area contributed by atoms with Gasteiger partial charge >= 0.3 is 0 Å². The van der Waals surface area contributed by atoms with Crippen LogP contribution in [0.15, 0.2) is 0 Å². The number of hydrogen-bond donors (Lipinski definition) is 0. The van der Waals surface area contributed by atoms with Crippen molar-refractivity contribution in [1.29, 1.82) is 5.26 Å². The van der Waals surface area contributed by atoms with Crippen molar-refractivity contribution in [2.45, 2.75) is 6.92 Å². The van der Waals surface area contributed by atoms with Gasteiger partial charge in [-0.3, -0.25) is 0 Å². The summed E-state index contributed by atoms with van der Waals surface area (Å²) in [7, 11) is 0. The monoisotopic (exact) mass is 161 g/mol. The van der Waals surface area contributed by atoms with Gasteiger partial charge in [-0.05, 0) is 0 Å². The maximum Gasteiger partial charge on any atom is 0.0587 e. The Morgan fingerprint density at radius 2 is 1.75 bits per heavy atom. The van der Waals surface area contributed by atoms with Gasteiger partial charge in [0.05, 0.1) is 6.07 Å². The molecule has 0 unspecified atom stereocenters. The molecule has 0 atom stereocenters. The van der Waals surface area contributed by atoms with Gasteiger partial charge in [0, 0.05) is 30.8 Å². The molecule has 4 radical (unpaired) electrons. The number of hydrogen-bond acceptors (Lipinski definition) is 1. The third-order valence-electron chi connectivity index (χ3n) is 0. The minimum atomic E-state index is 0. The molecule has 20 valence electrons. The van der Waals surface area contributed by atoms with E-state index >= 15 is 0 Å². The molecule has 4 heavy (non-hydrogen) atoms. The van der Waals surface area contributed by atoms with Gasteiger partial charge in [0.1, 0.15) is 0 Å². The van der Waals surface area contributed by atoms with E-state index in [1.54, 1.807) is 6.07 Å². The summed E-state index contributed by atoms with van der Waals surface area (Å²) in [6, 6.07) is 1.75. The molecule has 0 amide bonds. The van der Waals surface area contributed by atoms with Gasteiger partial charge in [-0.2, -0.15) is 5.26 Å². The Kier molecular flexibility index (Phi) is 23.0. The summed E-state index contributed by atoms with van der Waals surface area (Å²) < 4.78 is 0. The van der Waals surface area contributed by atoms with Gasteiger partial charge in [0.25, 0.3) is 0 Å². The maximum atomic E-state index is 7.32. The van der Waals surface area contributed by atoms with E-state index in [0.717, 1.165) is 0 Å². The zero-order chi connectivity index (χ0) is 2.71. The molecular weight excluding hydrogens is 157 g/mol. The largest absolute Gasteiger partial charge is 0.199 e. The first-order valence-corrected chi connectivity index (χ1v) is 0.724. The van der Waals surface area contributed by atoms with E-state index in [9.17, 15) is 0 Å². The van der Waals surface area contributed by atoms with Crippen molar-refractivity contribution in [3.8, 4) is 6.07 Å². The molecule has 0 heterocycles. The second-order valence-electron chi connectivity index (χ2n) is 0.224. The van der Waals surface area contributed by atoms with Crippen molar-refractivity contribution < 1.29 is 0 Å². The van der Waals surface area contributed by atoms with Gasteiger partial charge in [-0.15, -0.1) is 0 Å². The first kappa shape index (κ1) is 8.86. The van der Waals surface area contributed by atoms with Gasteiger partial charge in [-0.25, -0.2) is 0 Å². The van der Waals surface area contributed by atoms with Crippen LogP contribution in [0.5, 0.6) is 0 Å². The summed E-state index contributed by atoms with van der Waals surface area (Å²) in [6.45, 7) is 1.43. The van der Waals surface area contributed by atoms with Gasteiger partial charge in [-0.1, -0.05) is 0 Å². The van der Waals surface area contributed by atoms with Crippen LogP contribution in [0, 0.1) is 11.3 Å². The quantitative estimate of drug-likeness (QED) is 0.462. The maximum absolute atomic E-state index is 7.32. The molecule has 1 nitrogen and oxygen atoms in total. The Bertz CT molecular complexity index is 27.5. The van der Waals surface area contributed by atoms with E-state index in [1.807, 2.05) is 0 Å². The number of rotatable bonds is 0. The fourth-order valence-electron chi connectivity index (χ4n) is 0. The van der Waals surface area contributed by atoms with E-state index in [1.165, 1.54) is 6.92 Å². The van der Waals surface area contributed by atoms with Crippen LogP contribution in [0.1, 0.15) is 6.92 Å². The van der Waals surface area contributed by atoms with Crippen LogP contribution in [0.25, 0.3) is 0 Å². The van der Waals surface area contributed by atoms with Gasteiger partial charge in [0.15, 0.2) is 0 Å². The van der Waals surface area contributed by atoms with Crippen LogP contribution < -0.4 is 0 Å². The fraction of sp³-hybridized carbons (Fsp3) is 0.500. The van der Waals surface area contributed by atoms with E-state index in [0.29, 0.717) is 0 Å². The van der Waals surface area contributed by atoms with Crippen molar-refractivity contribution in [3.05, 3.63) is 0 Å². The Labute approximate surface area is 42.6 Å². The van der Waals surface area contributed by atoms with E-state index in [-0.39, 0.29) is 23.9 Å². The normalized spacial score (nSPS) is 2.00. The van der Waals surface area contributed by atoms with Gasteiger partial charge in [0.2, 0.25) is 0 Å². The predicted molar refractivity (Wildman–Crippen MR) is 17.0 cm³/mol. The van der Waals surface area contributed by atoms with Crippen molar-refractivity contribution in [3.63, 3.8) is 0 Å². The van der Waals surface area contributed by atoms with Gasteiger partial charge < -0.3 is 0 Å². The molecule has 0 aromatic heterocycles. The van der Waals surface area contributed by atoms with Crippen LogP contribution in [0.2, 0.25) is 0 Å². The minimum absolute atomic E-state index is 0. The third-order valence-corrected chi connectivity index (χ3v) is 0. The van der Waals surface area contributed by atoms with Crippen molar-refractivity contribution in [2.24, 2.45) is 0 Å². The fourth-order valence-corrected chi connectivity index (χ4v) is 0. The zero-order valence-electron chi connectivity index (χ0n) is 2.45. The Morgan fingerprint density at radius 1 is 1.75 bits per heavy atom. The number of nitrogens with zero attached hydrogens (tertiary/aromatic N) is 1. The molecule has 0 rings (SSSR count). The van der Waals surface area contributed by atoms with Crippen LogP contribution in [-0.2, 0) is 0 Å². The minimum Gasteiger partial charge on any atom is -0.199 e. The van der Waals surface area contributed by atoms with Crippen LogP contribution in [0.4, 0.5) is 0 Å². The summed E-state index contributed by atoms with van der Waals surface area (Å²) in [6.07, 6.45) is 0. The van der Waals surface area contributed by atoms with Crippen LogP contribution in [0.3, 0.4) is 0 Å². The SMILES string of the molecule is CC#N.[Sn]. The molecule has 0 aliphatic heterocycles. The van der Waals surface area contributed by atoms with Crippen LogP contribution >= 0.6 is 0 Å². The molecule has 0 aliphatic carbocycles. The first-order chi connectivity index (χ1) is 1.41. The standard InChI is InChI=1S/C2H3N.Sn/c1-2-3;/h1H3;. The first-order valence-electron chi connectivity index (χ1n) is 0.724. The van der Waals surface area contributed by atoms with Crippen molar-refractivity contribution >= 4 is 23.9 Å². The summed E-state index contributed by atoms with van der Waals surface area (Å²) in [5.41, 5.74) is 0. The smallest absolute Gasteiger partial charge is 0.0587 e. The molecular formula is C2H3NSn. The second-order valence-corrected chi connectivity index (χ2v) is 0.224. The molecule has 0 aliphatic rings. The van der Waals surface area contributed by atoms with Crippen LogP contribution in [-0.4, -0.2) is 23.9 Å². The van der Waals surface area contributed by atoms with E-state index in [2.05, 4.69) is 0 Å². The predicted octanol–water partition coefficient (Wildman–Crippen LogP) is 0.149. The molecule has 0 aromatic rings. The molecule has 2 heteroatoms. The zero-order valence-corrected chi connectivity index (χ0v) is 5.30. The molecule has 0 saturated carbocycles. The summed E-state index contributed by atoms with van der Waals surface area (Å²) >= 11 is 0. The Balaban J connectivity index is 0. The van der Waals surface area contributed by atoms with E-state index < -0.39 is 0 Å². The third kappa shape index (κ3) is 45.6. The molecule has 0 aromatic carbocycles. The molecule has 0 fully saturated rings. The topological polar surface area (TPSA) is 23.8 Å². The Morgan fingerprint density at radius 3 is 1.75 bits per heavy atom. The molecule has 0 saturated heterocycles. The summed E-state index contributed by atoms with van der Waals surface area (Å²) in [5.74, 6) is 0. The average molecular weight is 160 g/mol. The number of nitriles is 1. The van der Waals surface area contributed by atoms with Crippen molar-refractivity contribution in [1.82, 2.24) is 0 Å². The summed E-state index contributed by atoms with van der Waals surface area (Å²) in [4.78, 5) is 0. The second kappa shape index (κ2) is 10.4. The summed E-state index contributed by atoms with van der Waals surface area (Å²) in [5, 5.41) is 7.32. The molecule has 0 N–H and O–H groups in total. The molecule has 0 bridgehead atoms. The molecule has 0 spiro atoms. The van der Waals surface area contributed by atoms with Crippen molar-refractivity contribution in [2.75, 3.05) is 0 Å². The average Bonchev–Trinajstić information content (AvgIpc) is 0.918.